The van der Waals surface area contributed by atoms with Gasteiger partial charge in [-0.15, -0.1) is 0 Å². The van der Waals surface area contributed by atoms with Gasteiger partial charge in [0.25, 0.3) is 5.91 Å². The molecule has 2 aliphatic rings. The molecule has 1 unspecified atom stereocenters. The zero-order valence-corrected chi connectivity index (χ0v) is 18.9. The Labute approximate surface area is 192 Å². The van der Waals surface area contributed by atoms with E-state index in [1.165, 1.54) is 6.42 Å². The van der Waals surface area contributed by atoms with Crippen molar-refractivity contribution in [3.8, 4) is 0 Å². The van der Waals surface area contributed by atoms with Gasteiger partial charge in [0.05, 0.1) is 17.6 Å². The number of halogens is 1. The van der Waals surface area contributed by atoms with Crippen LogP contribution in [0.5, 0.6) is 0 Å². The minimum Gasteiger partial charge on any atom is -0.351 e. The van der Waals surface area contributed by atoms with E-state index in [9.17, 15) is 9.59 Å². The average molecular weight is 451 g/mol. The molecule has 0 bridgehead atoms. The molecule has 1 saturated carbocycles. The van der Waals surface area contributed by atoms with E-state index in [4.69, 9.17) is 11.6 Å². The molecule has 2 aromatic carbocycles. The molecule has 5 rings (SSSR count). The number of carbonyl (C=O) groups excluding carboxylic acids is 2. The Bertz CT molecular complexity index is 1180. The summed E-state index contributed by atoms with van der Waals surface area (Å²) in [5.74, 6) is -0.0110. The van der Waals surface area contributed by atoms with Crippen molar-refractivity contribution >= 4 is 34.4 Å². The largest absolute Gasteiger partial charge is 0.351 e. The average Bonchev–Trinajstić information content (AvgIpc) is 3.17. The fourth-order valence-electron chi connectivity index (χ4n) is 4.96. The second-order valence-electron chi connectivity index (χ2n) is 9.08. The second kappa shape index (κ2) is 8.24. The first-order chi connectivity index (χ1) is 15.5. The third kappa shape index (κ3) is 3.56. The number of benzene rings is 2. The van der Waals surface area contributed by atoms with Crippen LogP contribution in [0.1, 0.15) is 55.2 Å². The van der Waals surface area contributed by atoms with Crippen molar-refractivity contribution in [2.45, 2.75) is 63.7 Å². The SMILES string of the molecule is CC1(C(=O)NC2CCCCC2)Cn2c(nc3ccccc32)C(=O)N1Cc1ccccc1Cl. The van der Waals surface area contributed by atoms with Crippen LogP contribution >= 0.6 is 11.6 Å². The summed E-state index contributed by atoms with van der Waals surface area (Å²) in [6.45, 7) is 2.45. The Balaban J connectivity index is 1.56. The van der Waals surface area contributed by atoms with Gasteiger partial charge in [-0.25, -0.2) is 4.98 Å². The summed E-state index contributed by atoms with van der Waals surface area (Å²) in [5.41, 5.74) is 1.36. The number of para-hydroxylation sites is 2. The van der Waals surface area contributed by atoms with Gasteiger partial charge in [-0.1, -0.05) is 61.2 Å². The van der Waals surface area contributed by atoms with Crippen molar-refractivity contribution in [1.82, 2.24) is 19.8 Å². The van der Waals surface area contributed by atoms with Crippen LogP contribution in [0.25, 0.3) is 11.0 Å². The van der Waals surface area contributed by atoms with Gasteiger partial charge in [0.1, 0.15) is 5.54 Å². The quantitative estimate of drug-likeness (QED) is 0.633. The Morgan fingerprint density at radius 3 is 2.62 bits per heavy atom. The molecule has 1 aromatic heterocycles. The summed E-state index contributed by atoms with van der Waals surface area (Å²) >= 11 is 6.42. The highest BCUT2D eigenvalue weighted by molar-refractivity contribution is 6.31. The molecule has 1 aliphatic carbocycles. The van der Waals surface area contributed by atoms with Crippen molar-refractivity contribution in [3.63, 3.8) is 0 Å². The van der Waals surface area contributed by atoms with E-state index < -0.39 is 5.54 Å². The number of carbonyl (C=O) groups is 2. The van der Waals surface area contributed by atoms with Crippen molar-refractivity contribution in [2.24, 2.45) is 0 Å². The predicted octanol–water partition coefficient (Wildman–Crippen LogP) is 4.55. The van der Waals surface area contributed by atoms with Crippen LogP contribution in [0.3, 0.4) is 0 Å². The molecular weight excluding hydrogens is 424 g/mol. The summed E-state index contributed by atoms with van der Waals surface area (Å²) in [6, 6.07) is 15.3. The van der Waals surface area contributed by atoms with E-state index >= 15 is 0 Å². The minimum atomic E-state index is -1.07. The van der Waals surface area contributed by atoms with Gasteiger partial charge in [0.15, 0.2) is 5.82 Å². The lowest BCUT2D eigenvalue weighted by Crippen LogP contribution is -2.64. The van der Waals surface area contributed by atoms with Gasteiger partial charge < -0.3 is 14.8 Å². The Hall–Kier alpha value is -2.86. The molecule has 7 heteroatoms. The first kappa shape index (κ1) is 21.0. The second-order valence-corrected chi connectivity index (χ2v) is 9.48. The highest BCUT2D eigenvalue weighted by atomic mass is 35.5. The van der Waals surface area contributed by atoms with Gasteiger partial charge in [-0.05, 0) is 43.5 Å². The van der Waals surface area contributed by atoms with Gasteiger partial charge in [0, 0.05) is 17.6 Å². The zero-order valence-electron chi connectivity index (χ0n) is 18.2. The molecule has 0 spiro atoms. The zero-order chi connectivity index (χ0) is 22.3. The van der Waals surface area contributed by atoms with E-state index in [1.54, 1.807) is 11.0 Å². The first-order valence-electron chi connectivity index (χ1n) is 11.3. The monoisotopic (exact) mass is 450 g/mol. The van der Waals surface area contributed by atoms with Gasteiger partial charge in [-0.3, -0.25) is 9.59 Å². The molecule has 2 amide bonds. The van der Waals surface area contributed by atoms with Crippen molar-refractivity contribution < 1.29 is 9.59 Å². The first-order valence-corrected chi connectivity index (χ1v) is 11.7. The van der Waals surface area contributed by atoms with Crippen LogP contribution in [0.2, 0.25) is 5.02 Å². The standard InChI is InChI=1S/C25H27ClN4O2/c1-25(24(32)27-18-10-3-2-4-11-18)16-29-21-14-8-7-13-20(21)28-22(29)23(31)30(25)15-17-9-5-6-12-19(17)26/h5-9,12-14,18H,2-4,10-11,15-16H2,1H3,(H,27,32). The van der Waals surface area contributed by atoms with E-state index in [1.807, 2.05) is 54.0 Å². The maximum atomic E-state index is 13.7. The number of hydrogen-bond donors (Lipinski definition) is 1. The lowest BCUT2D eigenvalue weighted by molar-refractivity contribution is -0.134. The normalized spacial score (nSPS) is 21.6. The fourth-order valence-corrected chi connectivity index (χ4v) is 5.16. The fraction of sp³-hybridized carbons (Fsp3) is 0.400. The number of hydrogen-bond acceptors (Lipinski definition) is 3. The number of imidazole rings is 1. The molecule has 0 saturated heterocycles. The number of nitrogens with zero attached hydrogens (tertiary/aromatic N) is 3. The van der Waals surface area contributed by atoms with E-state index in [0.717, 1.165) is 42.3 Å². The van der Waals surface area contributed by atoms with Crippen molar-refractivity contribution in [1.29, 1.82) is 0 Å². The molecule has 1 aliphatic heterocycles. The number of rotatable bonds is 4. The summed E-state index contributed by atoms with van der Waals surface area (Å²) in [5, 5.41) is 3.83. The third-order valence-electron chi connectivity index (χ3n) is 6.87. The molecule has 1 atom stereocenters. The summed E-state index contributed by atoms with van der Waals surface area (Å²) in [4.78, 5) is 33.7. The lowest BCUT2D eigenvalue weighted by atomic mass is 9.91. The van der Waals surface area contributed by atoms with Crippen molar-refractivity contribution in [2.75, 3.05) is 0 Å². The maximum Gasteiger partial charge on any atom is 0.291 e. The molecule has 6 nitrogen and oxygen atoms in total. The van der Waals surface area contributed by atoms with E-state index in [2.05, 4.69) is 10.3 Å². The summed E-state index contributed by atoms with van der Waals surface area (Å²) in [6.07, 6.45) is 5.44. The predicted molar refractivity (Wildman–Crippen MR) is 124 cm³/mol. The molecule has 0 radical (unpaired) electrons. The van der Waals surface area contributed by atoms with Gasteiger partial charge >= 0.3 is 0 Å². The number of fused-ring (bicyclic) bond motifs is 3. The van der Waals surface area contributed by atoms with E-state index in [-0.39, 0.29) is 24.4 Å². The minimum absolute atomic E-state index is 0.117. The molecule has 32 heavy (non-hydrogen) atoms. The Morgan fingerprint density at radius 2 is 1.84 bits per heavy atom. The van der Waals surface area contributed by atoms with E-state index in [0.29, 0.717) is 17.4 Å². The molecular formula is C25H27ClN4O2. The van der Waals surface area contributed by atoms with Gasteiger partial charge in [0.2, 0.25) is 5.91 Å². The van der Waals surface area contributed by atoms with Crippen LogP contribution in [-0.2, 0) is 17.9 Å². The molecule has 2 heterocycles. The Morgan fingerprint density at radius 1 is 1.12 bits per heavy atom. The number of nitrogens with one attached hydrogen (secondary N) is 1. The molecule has 1 N–H and O–H groups in total. The third-order valence-corrected chi connectivity index (χ3v) is 7.24. The van der Waals surface area contributed by atoms with Crippen molar-refractivity contribution in [3.05, 3.63) is 64.9 Å². The number of aromatic nitrogens is 2. The van der Waals surface area contributed by atoms with Crippen LogP contribution in [0.4, 0.5) is 0 Å². The lowest BCUT2D eigenvalue weighted by Gasteiger charge is -2.44. The topological polar surface area (TPSA) is 67.2 Å². The maximum absolute atomic E-state index is 13.7. The van der Waals surface area contributed by atoms with Crippen LogP contribution in [0, 0.1) is 0 Å². The van der Waals surface area contributed by atoms with Crippen LogP contribution < -0.4 is 5.32 Å². The summed E-state index contributed by atoms with van der Waals surface area (Å²) in [7, 11) is 0. The molecule has 3 aromatic rings. The van der Waals surface area contributed by atoms with Crippen LogP contribution in [-0.4, -0.2) is 37.8 Å². The number of amides is 2. The summed E-state index contributed by atoms with van der Waals surface area (Å²) < 4.78 is 1.89. The highest BCUT2D eigenvalue weighted by Crippen LogP contribution is 2.33. The smallest absolute Gasteiger partial charge is 0.291 e. The highest BCUT2D eigenvalue weighted by Gasteiger charge is 2.49. The Kier molecular flexibility index (Phi) is 5.41. The molecule has 1 fully saturated rings. The van der Waals surface area contributed by atoms with Gasteiger partial charge in [-0.2, -0.15) is 0 Å². The molecule has 166 valence electrons. The van der Waals surface area contributed by atoms with Crippen LogP contribution in [0.15, 0.2) is 48.5 Å².